The summed E-state index contributed by atoms with van der Waals surface area (Å²) in [6.45, 7) is 2.56. The van der Waals surface area contributed by atoms with E-state index in [9.17, 15) is 0 Å². The van der Waals surface area contributed by atoms with Gasteiger partial charge >= 0.3 is 0 Å². The van der Waals surface area contributed by atoms with Crippen LogP contribution >= 0.6 is 0 Å². The Labute approximate surface area is 101 Å². The first-order valence-electron chi connectivity index (χ1n) is 7.47. The van der Waals surface area contributed by atoms with Crippen molar-refractivity contribution in [2.75, 3.05) is 0 Å². The van der Waals surface area contributed by atoms with E-state index in [2.05, 4.69) is 13.0 Å². The van der Waals surface area contributed by atoms with Crippen LogP contribution in [-0.2, 0) is 0 Å². The Morgan fingerprint density at radius 3 is 2.44 bits per heavy atom. The van der Waals surface area contributed by atoms with Crippen LogP contribution in [0.25, 0.3) is 0 Å². The Hall–Kier alpha value is -0.260. The summed E-state index contributed by atoms with van der Waals surface area (Å²) in [5.41, 5.74) is 2.42. The number of hydrogen-bond donors (Lipinski definition) is 0. The minimum atomic E-state index is 0.606. The summed E-state index contributed by atoms with van der Waals surface area (Å²) >= 11 is 0. The number of hydrogen-bond acceptors (Lipinski definition) is 0. The molecule has 0 heteroatoms. The Morgan fingerprint density at radius 2 is 1.75 bits per heavy atom. The van der Waals surface area contributed by atoms with Crippen LogP contribution < -0.4 is 0 Å². The van der Waals surface area contributed by atoms with Gasteiger partial charge in [0.15, 0.2) is 0 Å². The first kappa shape index (κ1) is 10.9. The topological polar surface area (TPSA) is 0 Å². The minimum absolute atomic E-state index is 0.606. The second-order valence-electron chi connectivity index (χ2n) is 6.73. The average Bonchev–Trinajstić information content (AvgIpc) is 2.33. The SMILES string of the molecule is CC1(C2=CCC2)CCCC2CCCCC2C1. The summed E-state index contributed by atoms with van der Waals surface area (Å²) < 4.78 is 0. The summed E-state index contributed by atoms with van der Waals surface area (Å²) in [6, 6.07) is 0. The average molecular weight is 218 g/mol. The third-order valence-electron chi connectivity index (χ3n) is 5.66. The van der Waals surface area contributed by atoms with Crippen molar-refractivity contribution in [3.63, 3.8) is 0 Å². The zero-order chi connectivity index (χ0) is 11.0. The fourth-order valence-electron chi connectivity index (χ4n) is 4.50. The number of allylic oxidation sites excluding steroid dienone is 2. The standard InChI is InChI=1S/C16H26/c1-16(15-9-4-10-15)11-5-8-13-6-2-3-7-14(13)12-16/h9,13-14H,2-8,10-12H2,1H3. The van der Waals surface area contributed by atoms with Gasteiger partial charge in [-0.15, -0.1) is 0 Å². The highest BCUT2D eigenvalue weighted by Crippen LogP contribution is 2.51. The molecule has 0 aliphatic heterocycles. The first-order valence-corrected chi connectivity index (χ1v) is 7.47. The molecule has 3 aliphatic rings. The summed E-state index contributed by atoms with van der Waals surface area (Å²) in [5, 5.41) is 0. The van der Waals surface area contributed by atoms with Gasteiger partial charge in [0.05, 0.1) is 0 Å². The summed E-state index contributed by atoms with van der Waals surface area (Å²) in [4.78, 5) is 0. The quantitative estimate of drug-likeness (QED) is 0.538. The second kappa shape index (κ2) is 4.20. The van der Waals surface area contributed by atoms with Crippen molar-refractivity contribution >= 4 is 0 Å². The van der Waals surface area contributed by atoms with E-state index < -0.39 is 0 Å². The highest BCUT2D eigenvalue weighted by atomic mass is 14.4. The molecule has 0 saturated heterocycles. The summed E-state index contributed by atoms with van der Waals surface area (Å²) in [5.74, 6) is 2.17. The van der Waals surface area contributed by atoms with Gasteiger partial charge in [0.1, 0.15) is 0 Å². The molecule has 90 valence electrons. The smallest absolute Gasteiger partial charge is 0.0114 e. The largest absolute Gasteiger partial charge is 0.0845 e. The summed E-state index contributed by atoms with van der Waals surface area (Å²) in [6.07, 6.45) is 17.4. The van der Waals surface area contributed by atoms with Crippen LogP contribution in [0.4, 0.5) is 0 Å². The van der Waals surface area contributed by atoms with Crippen molar-refractivity contribution in [3.8, 4) is 0 Å². The molecule has 0 spiro atoms. The van der Waals surface area contributed by atoms with Crippen LogP contribution in [0.1, 0.15) is 71.1 Å². The Bertz CT molecular complexity index is 288. The third-order valence-corrected chi connectivity index (χ3v) is 5.66. The van der Waals surface area contributed by atoms with Crippen LogP contribution in [-0.4, -0.2) is 0 Å². The van der Waals surface area contributed by atoms with Crippen molar-refractivity contribution in [2.24, 2.45) is 17.3 Å². The Kier molecular flexibility index (Phi) is 2.85. The predicted octanol–water partition coefficient (Wildman–Crippen LogP) is 5.09. The molecule has 0 aromatic carbocycles. The zero-order valence-corrected chi connectivity index (χ0v) is 10.8. The highest BCUT2D eigenvalue weighted by Gasteiger charge is 2.39. The fourth-order valence-corrected chi connectivity index (χ4v) is 4.50. The van der Waals surface area contributed by atoms with E-state index in [1.165, 1.54) is 57.8 Å². The van der Waals surface area contributed by atoms with E-state index in [4.69, 9.17) is 0 Å². The maximum atomic E-state index is 2.56. The molecular formula is C16H26. The Morgan fingerprint density at radius 1 is 1.06 bits per heavy atom. The maximum Gasteiger partial charge on any atom is -0.0114 e. The predicted molar refractivity (Wildman–Crippen MR) is 69.3 cm³/mol. The molecule has 0 nitrogen and oxygen atoms in total. The molecule has 3 unspecified atom stereocenters. The molecule has 0 amide bonds. The number of fused-ring (bicyclic) bond motifs is 1. The molecular weight excluding hydrogens is 192 g/mol. The van der Waals surface area contributed by atoms with Crippen LogP contribution in [0.5, 0.6) is 0 Å². The van der Waals surface area contributed by atoms with Gasteiger partial charge in [0, 0.05) is 0 Å². The second-order valence-corrected chi connectivity index (χ2v) is 6.73. The molecule has 3 rings (SSSR count). The molecule has 0 heterocycles. The van der Waals surface area contributed by atoms with Crippen molar-refractivity contribution in [3.05, 3.63) is 11.6 Å². The molecule has 0 aromatic heterocycles. The number of rotatable bonds is 1. The maximum absolute atomic E-state index is 2.56. The van der Waals surface area contributed by atoms with Crippen LogP contribution in [0, 0.1) is 17.3 Å². The van der Waals surface area contributed by atoms with E-state index in [-0.39, 0.29) is 0 Å². The van der Waals surface area contributed by atoms with E-state index in [1.807, 2.05) is 5.57 Å². The van der Waals surface area contributed by atoms with Crippen molar-refractivity contribution in [2.45, 2.75) is 71.1 Å². The normalized spacial score (nSPS) is 43.9. The third kappa shape index (κ3) is 1.85. The minimum Gasteiger partial charge on any atom is -0.0845 e. The molecule has 0 radical (unpaired) electrons. The highest BCUT2D eigenvalue weighted by molar-refractivity contribution is 5.21. The van der Waals surface area contributed by atoms with Crippen LogP contribution in [0.3, 0.4) is 0 Å². The molecule has 0 aromatic rings. The molecule has 0 bridgehead atoms. The lowest BCUT2D eigenvalue weighted by Gasteiger charge is -2.39. The lowest BCUT2D eigenvalue weighted by Crippen LogP contribution is -2.27. The van der Waals surface area contributed by atoms with Crippen LogP contribution in [0.2, 0.25) is 0 Å². The van der Waals surface area contributed by atoms with Crippen molar-refractivity contribution in [1.82, 2.24) is 0 Å². The van der Waals surface area contributed by atoms with Gasteiger partial charge < -0.3 is 0 Å². The van der Waals surface area contributed by atoms with E-state index >= 15 is 0 Å². The van der Waals surface area contributed by atoms with E-state index in [1.54, 1.807) is 6.42 Å². The van der Waals surface area contributed by atoms with Gasteiger partial charge in [-0.05, 0) is 42.9 Å². The molecule has 3 aliphatic carbocycles. The summed E-state index contributed by atoms with van der Waals surface area (Å²) in [7, 11) is 0. The molecule has 16 heavy (non-hydrogen) atoms. The Balaban J connectivity index is 1.77. The van der Waals surface area contributed by atoms with Crippen LogP contribution in [0.15, 0.2) is 11.6 Å². The fraction of sp³-hybridized carbons (Fsp3) is 0.875. The van der Waals surface area contributed by atoms with E-state index in [0.717, 1.165) is 11.8 Å². The molecule has 3 atom stereocenters. The molecule has 0 N–H and O–H groups in total. The molecule has 2 saturated carbocycles. The first-order chi connectivity index (χ1) is 7.78. The van der Waals surface area contributed by atoms with Gasteiger partial charge in [0.25, 0.3) is 0 Å². The van der Waals surface area contributed by atoms with Gasteiger partial charge in [-0.1, -0.05) is 57.1 Å². The lowest BCUT2D eigenvalue weighted by molar-refractivity contribution is 0.184. The van der Waals surface area contributed by atoms with Crippen molar-refractivity contribution in [1.29, 1.82) is 0 Å². The van der Waals surface area contributed by atoms with Gasteiger partial charge in [0.2, 0.25) is 0 Å². The van der Waals surface area contributed by atoms with Gasteiger partial charge in [-0.25, -0.2) is 0 Å². The lowest BCUT2D eigenvalue weighted by atomic mass is 9.66. The monoisotopic (exact) mass is 218 g/mol. The zero-order valence-electron chi connectivity index (χ0n) is 10.8. The van der Waals surface area contributed by atoms with Gasteiger partial charge in [-0.2, -0.15) is 0 Å². The molecule has 2 fully saturated rings. The van der Waals surface area contributed by atoms with Crippen molar-refractivity contribution < 1.29 is 0 Å². The van der Waals surface area contributed by atoms with Gasteiger partial charge in [-0.3, -0.25) is 0 Å². The van der Waals surface area contributed by atoms with E-state index in [0.29, 0.717) is 5.41 Å².